The van der Waals surface area contributed by atoms with Gasteiger partial charge in [-0.15, -0.1) is 0 Å². The minimum Gasteiger partial charge on any atom is -0.480 e. The molecule has 21 heavy (non-hydrogen) atoms. The third-order valence-corrected chi connectivity index (χ3v) is 4.26. The lowest BCUT2D eigenvalue weighted by Crippen LogP contribution is -2.41. The van der Waals surface area contributed by atoms with Crippen LogP contribution in [0.1, 0.15) is 31.2 Å². The molecule has 2 N–H and O–H groups in total. The number of hydrogen-bond acceptors (Lipinski definition) is 2. The molecule has 4 nitrogen and oxygen atoms in total. The van der Waals surface area contributed by atoms with E-state index in [9.17, 15) is 9.59 Å². The second kappa shape index (κ2) is 7.14. The van der Waals surface area contributed by atoms with E-state index in [1.807, 2.05) is 0 Å². The van der Waals surface area contributed by atoms with Gasteiger partial charge in [-0.1, -0.05) is 42.1 Å². The first-order chi connectivity index (χ1) is 9.95. The highest BCUT2D eigenvalue weighted by Gasteiger charge is 2.29. The van der Waals surface area contributed by atoms with Gasteiger partial charge in [0, 0.05) is 6.42 Å². The van der Waals surface area contributed by atoms with E-state index in [0.717, 1.165) is 18.4 Å². The molecule has 1 aromatic rings. The van der Waals surface area contributed by atoms with Crippen LogP contribution in [0.5, 0.6) is 0 Å². The number of halogens is 2. The van der Waals surface area contributed by atoms with Gasteiger partial charge in [0.05, 0.1) is 10.0 Å². The van der Waals surface area contributed by atoms with E-state index in [4.69, 9.17) is 28.3 Å². The van der Waals surface area contributed by atoms with Crippen molar-refractivity contribution in [2.45, 2.75) is 38.1 Å². The van der Waals surface area contributed by atoms with Crippen molar-refractivity contribution in [2.75, 3.05) is 0 Å². The van der Waals surface area contributed by atoms with Crippen molar-refractivity contribution in [2.24, 2.45) is 5.92 Å². The van der Waals surface area contributed by atoms with E-state index in [2.05, 4.69) is 5.32 Å². The van der Waals surface area contributed by atoms with Crippen molar-refractivity contribution in [1.82, 2.24) is 5.32 Å². The summed E-state index contributed by atoms with van der Waals surface area (Å²) in [6.45, 7) is 0. The summed E-state index contributed by atoms with van der Waals surface area (Å²) in [5, 5.41) is 12.6. The molecule has 0 saturated heterocycles. The predicted octanol–water partition coefficient (Wildman–Crippen LogP) is 3.30. The average molecular weight is 330 g/mol. The number of aliphatic carboxylic acids is 1. The van der Waals surface area contributed by atoms with Crippen LogP contribution in [0, 0.1) is 5.92 Å². The van der Waals surface area contributed by atoms with E-state index in [1.54, 1.807) is 18.2 Å². The van der Waals surface area contributed by atoms with Gasteiger partial charge in [-0.25, -0.2) is 4.79 Å². The number of hydrogen-bond donors (Lipinski definition) is 2. The van der Waals surface area contributed by atoms with Gasteiger partial charge in [0.1, 0.15) is 6.04 Å². The maximum Gasteiger partial charge on any atom is 0.326 e. The first-order valence-corrected chi connectivity index (χ1v) is 7.67. The zero-order chi connectivity index (χ0) is 15.4. The lowest BCUT2D eigenvalue weighted by Gasteiger charge is -2.14. The van der Waals surface area contributed by atoms with Gasteiger partial charge in [-0.2, -0.15) is 0 Å². The van der Waals surface area contributed by atoms with Gasteiger partial charge in [0.2, 0.25) is 5.91 Å². The number of aryl methyl sites for hydroxylation is 1. The molecule has 0 heterocycles. The Morgan fingerprint density at radius 2 is 2.00 bits per heavy atom. The number of benzene rings is 1. The van der Waals surface area contributed by atoms with Crippen molar-refractivity contribution in [3.05, 3.63) is 33.8 Å². The fourth-order valence-electron chi connectivity index (χ4n) is 2.13. The second-order valence-corrected chi connectivity index (χ2v) is 6.20. The van der Waals surface area contributed by atoms with E-state index in [0.29, 0.717) is 28.8 Å². The fourth-order valence-corrected chi connectivity index (χ4v) is 2.45. The summed E-state index contributed by atoms with van der Waals surface area (Å²) in [6, 6.07) is 4.43. The van der Waals surface area contributed by atoms with Gasteiger partial charge in [0.15, 0.2) is 0 Å². The summed E-state index contributed by atoms with van der Waals surface area (Å²) in [5.41, 5.74) is 0.897. The van der Waals surface area contributed by atoms with Gasteiger partial charge in [-0.3, -0.25) is 4.79 Å². The molecule has 2 rings (SSSR count). The maximum atomic E-state index is 11.9. The van der Waals surface area contributed by atoms with Crippen molar-refractivity contribution in [3.63, 3.8) is 0 Å². The molecule has 0 radical (unpaired) electrons. The van der Waals surface area contributed by atoms with E-state index in [-0.39, 0.29) is 12.3 Å². The number of amides is 1. The Kier molecular flexibility index (Phi) is 5.48. The van der Waals surface area contributed by atoms with E-state index >= 15 is 0 Å². The van der Waals surface area contributed by atoms with Crippen molar-refractivity contribution >= 4 is 35.1 Å². The molecular formula is C15H17Cl2NO3. The van der Waals surface area contributed by atoms with Crippen LogP contribution in [0.3, 0.4) is 0 Å². The zero-order valence-electron chi connectivity index (χ0n) is 11.4. The molecule has 1 unspecified atom stereocenters. The maximum absolute atomic E-state index is 11.9. The zero-order valence-corrected chi connectivity index (χ0v) is 13.0. The summed E-state index contributed by atoms with van der Waals surface area (Å²) in [5.74, 6) is -0.777. The largest absolute Gasteiger partial charge is 0.480 e. The molecule has 0 aliphatic heterocycles. The normalized spacial score (nSPS) is 15.5. The smallest absolute Gasteiger partial charge is 0.326 e. The molecular weight excluding hydrogens is 313 g/mol. The monoisotopic (exact) mass is 329 g/mol. The Morgan fingerprint density at radius 1 is 1.29 bits per heavy atom. The topological polar surface area (TPSA) is 66.4 Å². The Balaban J connectivity index is 1.82. The van der Waals surface area contributed by atoms with Gasteiger partial charge in [0.25, 0.3) is 0 Å². The standard InChI is InChI=1S/C15H17Cl2NO3/c16-11-5-3-9(7-12(11)17)4-6-14(19)18-13(15(20)21)8-10-1-2-10/h3,5,7,10,13H,1-2,4,6,8H2,(H,18,19)(H,20,21). The first kappa shape index (κ1) is 16.1. The van der Waals surface area contributed by atoms with Crippen LogP contribution in [0.15, 0.2) is 18.2 Å². The molecule has 1 atom stereocenters. The highest BCUT2D eigenvalue weighted by molar-refractivity contribution is 6.42. The minimum absolute atomic E-state index is 0.229. The summed E-state index contributed by atoms with van der Waals surface area (Å²) >= 11 is 11.7. The lowest BCUT2D eigenvalue weighted by molar-refractivity contribution is -0.142. The SMILES string of the molecule is O=C(CCc1ccc(Cl)c(Cl)c1)NC(CC1CC1)C(=O)O. The van der Waals surface area contributed by atoms with Crippen LogP contribution in [-0.4, -0.2) is 23.0 Å². The molecule has 1 aliphatic carbocycles. The quantitative estimate of drug-likeness (QED) is 0.806. The number of carbonyl (C=O) groups is 2. The molecule has 0 bridgehead atoms. The number of rotatable bonds is 7. The molecule has 114 valence electrons. The highest BCUT2D eigenvalue weighted by Crippen LogP contribution is 2.33. The summed E-state index contributed by atoms with van der Waals surface area (Å²) in [6.07, 6.45) is 3.37. The summed E-state index contributed by atoms with van der Waals surface area (Å²) in [4.78, 5) is 23.0. The Hall–Kier alpha value is -1.26. The molecule has 1 aliphatic rings. The first-order valence-electron chi connectivity index (χ1n) is 6.92. The van der Waals surface area contributed by atoms with E-state index in [1.165, 1.54) is 0 Å². The second-order valence-electron chi connectivity index (χ2n) is 5.39. The summed E-state index contributed by atoms with van der Waals surface area (Å²) < 4.78 is 0. The van der Waals surface area contributed by atoms with Gasteiger partial charge >= 0.3 is 5.97 Å². The Morgan fingerprint density at radius 3 is 2.57 bits per heavy atom. The Bertz CT molecular complexity index is 544. The number of carboxylic acid groups (broad SMARTS) is 1. The van der Waals surface area contributed by atoms with Crippen LogP contribution in [0.2, 0.25) is 10.0 Å². The van der Waals surface area contributed by atoms with Crippen LogP contribution in [0.25, 0.3) is 0 Å². The number of carbonyl (C=O) groups excluding carboxylic acids is 1. The van der Waals surface area contributed by atoms with Crippen molar-refractivity contribution in [1.29, 1.82) is 0 Å². The third-order valence-electron chi connectivity index (χ3n) is 3.52. The molecule has 1 saturated carbocycles. The van der Waals surface area contributed by atoms with E-state index < -0.39 is 12.0 Å². The van der Waals surface area contributed by atoms with Gasteiger partial charge in [-0.05, 0) is 36.5 Å². The fraction of sp³-hybridized carbons (Fsp3) is 0.467. The van der Waals surface area contributed by atoms with Crippen molar-refractivity contribution in [3.8, 4) is 0 Å². The number of carboxylic acids is 1. The predicted molar refractivity (Wildman–Crippen MR) is 81.7 cm³/mol. The molecule has 6 heteroatoms. The van der Waals surface area contributed by atoms with Crippen molar-refractivity contribution < 1.29 is 14.7 Å². The molecule has 0 spiro atoms. The highest BCUT2D eigenvalue weighted by atomic mass is 35.5. The molecule has 1 amide bonds. The van der Waals surface area contributed by atoms with Crippen LogP contribution < -0.4 is 5.32 Å². The molecule has 0 aromatic heterocycles. The van der Waals surface area contributed by atoms with Crippen LogP contribution in [0.4, 0.5) is 0 Å². The number of nitrogens with one attached hydrogen (secondary N) is 1. The lowest BCUT2D eigenvalue weighted by atomic mass is 10.1. The molecule has 1 fully saturated rings. The third kappa shape index (κ3) is 5.21. The van der Waals surface area contributed by atoms with Crippen LogP contribution in [-0.2, 0) is 16.0 Å². The van der Waals surface area contributed by atoms with Gasteiger partial charge < -0.3 is 10.4 Å². The molecule has 1 aromatic carbocycles. The minimum atomic E-state index is -0.968. The van der Waals surface area contributed by atoms with Crippen LogP contribution >= 0.6 is 23.2 Å². The Labute approximate surface area is 133 Å². The summed E-state index contributed by atoms with van der Waals surface area (Å²) in [7, 11) is 0. The average Bonchev–Trinajstić information content (AvgIpc) is 3.23.